The Morgan fingerprint density at radius 3 is 2.17 bits per heavy atom. The first-order valence-electron chi connectivity index (χ1n) is 4.84. The van der Waals surface area contributed by atoms with Gasteiger partial charge in [-0.25, -0.2) is 13.6 Å². The smallest absolute Gasteiger partial charge is 0.335 e. The van der Waals surface area contributed by atoms with Crippen LogP contribution >= 0.6 is 0 Å². The molecule has 5 nitrogen and oxygen atoms in total. The Hall–Kier alpha value is -1.86. The van der Waals surface area contributed by atoms with E-state index in [1.54, 1.807) is 0 Å². The van der Waals surface area contributed by atoms with Crippen LogP contribution in [0.5, 0.6) is 0 Å². The molecule has 0 radical (unpaired) electrons. The fraction of sp³-hybridized carbons (Fsp3) is 0.273. The lowest BCUT2D eigenvalue weighted by molar-refractivity contribution is -0.153. The molecule has 18 heavy (non-hydrogen) atoms. The average molecular weight is 260 g/mol. The zero-order valence-corrected chi connectivity index (χ0v) is 9.22. The number of Topliss-reactive ketones (excluding diaryl/α,β-unsaturated/α-hetero) is 1. The minimum atomic E-state index is -2.27. The van der Waals surface area contributed by atoms with Crippen LogP contribution in [0.2, 0.25) is 0 Å². The summed E-state index contributed by atoms with van der Waals surface area (Å²) < 4.78 is 26.5. The van der Waals surface area contributed by atoms with Crippen molar-refractivity contribution in [1.29, 1.82) is 0 Å². The van der Waals surface area contributed by atoms with E-state index in [9.17, 15) is 23.5 Å². The molecule has 1 rings (SSSR count). The van der Waals surface area contributed by atoms with Crippen molar-refractivity contribution in [3.05, 3.63) is 34.9 Å². The number of ketones is 1. The van der Waals surface area contributed by atoms with Gasteiger partial charge >= 0.3 is 5.97 Å². The SMILES string of the molecule is CC(=O)c1cc(C(O)C(O)C(=O)O)c(F)cc1F. The Balaban J connectivity index is 3.28. The van der Waals surface area contributed by atoms with Gasteiger partial charge in [-0.15, -0.1) is 0 Å². The van der Waals surface area contributed by atoms with E-state index in [0.29, 0.717) is 12.1 Å². The molecule has 0 aliphatic heterocycles. The van der Waals surface area contributed by atoms with E-state index < -0.39 is 46.7 Å². The van der Waals surface area contributed by atoms with Crippen LogP contribution in [0.4, 0.5) is 8.78 Å². The van der Waals surface area contributed by atoms with Crippen LogP contribution in [0.3, 0.4) is 0 Å². The predicted molar refractivity (Wildman–Crippen MR) is 55.0 cm³/mol. The van der Waals surface area contributed by atoms with Crippen LogP contribution in [0.25, 0.3) is 0 Å². The first-order chi connectivity index (χ1) is 8.25. The van der Waals surface area contributed by atoms with E-state index >= 15 is 0 Å². The zero-order valence-electron chi connectivity index (χ0n) is 9.22. The molecule has 0 aliphatic rings. The Labute approximate surface area is 100 Å². The lowest BCUT2D eigenvalue weighted by atomic mass is 9.99. The first-order valence-corrected chi connectivity index (χ1v) is 4.84. The summed E-state index contributed by atoms with van der Waals surface area (Å²) in [4.78, 5) is 21.5. The quantitative estimate of drug-likeness (QED) is 0.691. The Morgan fingerprint density at radius 2 is 1.72 bits per heavy atom. The number of hydrogen-bond acceptors (Lipinski definition) is 4. The molecular weight excluding hydrogens is 250 g/mol. The maximum absolute atomic E-state index is 13.4. The summed E-state index contributed by atoms with van der Waals surface area (Å²) in [5.41, 5.74) is -1.15. The van der Waals surface area contributed by atoms with Crippen molar-refractivity contribution in [2.45, 2.75) is 19.1 Å². The number of carboxylic acids is 1. The second kappa shape index (κ2) is 5.19. The van der Waals surface area contributed by atoms with Crippen LogP contribution in [-0.2, 0) is 4.79 Å². The highest BCUT2D eigenvalue weighted by atomic mass is 19.1. The summed E-state index contributed by atoms with van der Waals surface area (Å²) in [5, 5.41) is 27.0. The van der Waals surface area contributed by atoms with E-state index in [1.165, 1.54) is 0 Å². The topological polar surface area (TPSA) is 94.8 Å². The monoisotopic (exact) mass is 260 g/mol. The van der Waals surface area contributed by atoms with Crippen LogP contribution in [0.15, 0.2) is 12.1 Å². The van der Waals surface area contributed by atoms with Gasteiger partial charge in [-0.2, -0.15) is 0 Å². The van der Waals surface area contributed by atoms with Gasteiger partial charge in [0.05, 0.1) is 5.56 Å². The summed E-state index contributed by atoms with van der Waals surface area (Å²) in [6.45, 7) is 1.03. The molecule has 0 aliphatic carbocycles. The van der Waals surface area contributed by atoms with Crippen LogP contribution < -0.4 is 0 Å². The summed E-state index contributed by atoms with van der Waals surface area (Å²) in [6.07, 6.45) is -4.37. The Bertz CT molecular complexity index is 500. The maximum Gasteiger partial charge on any atom is 0.335 e. The van der Waals surface area contributed by atoms with E-state index in [1.807, 2.05) is 0 Å². The molecule has 98 valence electrons. The molecular formula is C11H10F2O5. The molecule has 1 aromatic carbocycles. The van der Waals surface area contributed by atoms with Crippen LogP contribution in [0, 0.1) is 11.6 Å². The average Bonchev–Trinajstić information content (AvgIpc) is 2.26. The highest BCUT2D eigenvalue weighted by molar-refractivity contribution is 5.94. The van der Waals surface area contributed by atoms with Gasteiger partial charge < -0.3 is 15.3 Å². The number of aliphatic hydroxyl groups is 2. The summed E-state index contributed by atoms with van der Waals surface area (Å²) >= 11 is 0. The Morgan fingerprint density at radius 1 is 1.17 bits per heavy atom. The second-order valence-electron chi connectivity index (χ2n) is 3.64. The number of halogens is 2. The summed E-state index contributed by atoms with van der Waals surface area (Å²) in [5.74, 6) is -4.85. The standard InChI is InChI=1S/C11H10F2O5/c1-4(14)5-2-6(8(13)3-7(5)12)9(15)10(16)11(17)18/h2-3,9-10,15-16H,1H3,(H,17,18). The molecule has 3 N–H and O–H groups in total. The number of aliphatic hydroxyl groups excluding tert-OH is 2. The van der Waals surface area contributed by atoms with Gasteiger partial charge in [0.15, 0.2) is 11.9 Å². The van der Waals surface area contributed by atoms with Crippen molar-refractivity contribution < 1.29 is 33.7 Å². The maximum atomic E-state index is 13.4. The van der Waals surface area contributed by atoms with E-state index in [-0.39, 0.29) is 0 Å². The molecule has 0 aromatic heterocycles. The second-order valence-corrected chi connectivity index (χ2v) is 3.64. The first kappa shape index (κ1) is 14.2. The van der Waals surface area contributed by atoms with Crippen molar-refractivity contribution in [3.63, 3.8) is 0 Å². The number of benzene rings is 1. The molecule has 1 aromatic rings. The number of carboxylic acid groups (broad SMARTS) is 1. The molecule has 0 saturated carbocycles. The van der Waals surface area contributed by atoms with Crippen LogP contribution in [-0.4, -0.2) is 33.2 Å². The summed E-state index contributed by atoms with van der Waals surface area (Å²) in [6, 6.07) is 1.04. The van der Waals surface area contributed by atoms with Gasteiger partial charge in [0, 0.05) is 11.6 Å². The van der Waals surface area contributed by atoms with E-state index in [2.05, 4.69) is 0 Å². The largest absolute Gasteiger partial charge is 0.479 e. The minimum absolute atomic E-state index is 0.351. The van der Waals surface area contributed by atoms with Gasteiger partial charge in [0.2, 0.25) is 0 Å². The molecule has 0 heterocycles. The highest BCUT2D eigenvalue weighted by Gasteiger charge is 2.28. The van der Waals surface area contributed by atoms with Gasteiger partial charge in [-0.1, -0.05) is 0 Å². The van der Waals surface area contributed by atoms with Crippen molar-refractivity contribution in [3.8, 4) is 0 Å². The highest BCUT2D eigenvalue weighted by Crippen LogP contribution is 2.24. The van der Waals surface area contributed by atoms with Crippen molar-refractivity contribution >= 4 is 11.8 Å². The van der Waals surface area contributed by atoms with E-state index in [0.717, 1.165) is 6.92 Å². The molecule has 0 spiro atoms. The Kier molecular flexibility index (Phi) is 4.10. The van der Waals surface area contributed by atoms with Crippen molar-refractivity contribution in [2.24, 2.45) is 0 Å². The zero-order chi connectivity index (χ0) is 14.0. The molecule has 7 heteroatoms. The third-order valence-corrected chi connectivity index (χ3v) is 2.34. The minimum Gasteiger partial charge on any atom is -0.479 e. The number of rotatable bonds is 4. The molecule has 2 unspecified atom stereocenters. The molecule has 0 bridgehead atoms. The van der Waals surface area contributed by atoms with Crippen LogP contribution in [0.1, 0.15) is 28.9 Å². The number of hydrogen-bond donors (Lipinski definition) is 3. The number of carbonyl (C=O) groups excluding carboxylic acids is 1. The fourth-order valence-electron chi connectivity index (χ4n) is 1.37. The van der Waals surface area contributed by atoms with Crippen molar-refractivity contribution in [1.82, 2.24) is 0 Å². The molecule has 0 saturated heterocycles. The lowest BCUT2D eigenvalue weighted by Crippen LogP contribution is -2.28. The van der Waals surface area contributed by atoms with Gasteiger partial charge in [-0.05, 0) is 13.0 Å². The summed E-state index contributed by atoms with van der Waals surface area (Å²) in [7, 11) is 0. The normalized spacial score (nSPS) is 14.1. The van der Waals surface area contributed by atoms with E-state index in [4.69, 9.17) is 10.2 Å². The van der Waals surface area contributed by atoms with Gasteiger partial charge in [0.25, 0.3) is 0 Å². The predicted octanol–water partition coefficient (Wildman–Crippen LogP) is 0.646. The molecule has 2 atom stereocenters. The number of aliphatic carboxylic acids is 1. The fourth-order valence-corrected chi connectivity index (χ4v) is 1.37. The molecule has 0 fully saturated rings. The third kappa shape index (κ3) is 2.69. The lowest BCUT2D eigenvalue weighted by Gasteiger charge is -2.16. The third-order valence-electron chi connectivity index (χ3n) is 2.34. The van der Waals surface area contributed by atoms with Gasteiger partial charge in [-0.3, -0.25) is 4.79 Å². The van der Waals surface area contributed by atoms with Gasteiger partial charge in [0.1, 0.15) is 17.7 Å². The molecule has 0 amide bonds. The number of carbonyl (C=O) groups is 2. The van der Waals surface area contributed by atoms with Crippen molar-refractivity contribution in [2.75, 3.05) is 0 Å².